The van der Waals surface area contributed by atoms with E-state index in [9.17, 15) is 9.59 Å². The standard InChI is InChI=1S/C16H14N2O3/c1-21-14-11(5-4-9-17-14)8-10-18-15(19)12-6-2-3-7-13(12)16(18)20/h2-7,9H,8,10H2,1H3. The van der Waals surface area contributed by atoms with Crippen LogP contribution in [0.2, 0.25) is 0 Å². The van der Waals surface area contributed by atoms with Gasteiger partial charge in [0.2, 0.25) is 5.88 Å². The fourth-order valence-electron chi connectivity index (χ4n) is 2.47. The number of hydrogen-bond donors (Lipinski definition) is 0. The van der Waals surface area contributed by atoms with Gasteiger partial charge in [-0.3, -0.25) is 14.5 Å². The fraction of sp³-hybridized carbons (Fsp3) is 0.188. The zero-order chi connectivity index (χ0) is 14.8. The van der Waals surface area contributed by atoms with Crippen LogP contribution >= 0.6 is 0 Å². The first-order valence-electron chi connectivity index (χ1n) is 6.65. The highest BCUT2D eigenvalue weighted by atomic mass is 16.5. The molecule has 2 heterocycles. The van der Waals surface area contributed by atoms with E-state index in [1.54, 1.807) is 43.6 Å². The van der Waals surface area contributed by atoms with Gasteiger partial charge in [0.1, 0.15) is 0 Å². The molecule has 1 aliphatic heterocycles. The Morgan fingerprint density at radius 2 is 1.71 bits per heavy atom. The smallest absolute Gasteiger partial charge is 0.261 e. The molecule has 5 heteroatoms. The van der Waals surface area contributed by atoms with Crippen molar-refractivity contribution in [1.82, 2.24) is 9.88 Å². The minimum atomic E-state index is -0.238. The van der Waals surface area contributed by atoms with Crippen LogP contribution < -0.4 is 4.74 Å². The van der Waals surface area contributed by atoms with Gasteiger partial charge in [0.05, 0.1) is 18.2 Å². The number of carbonyl (C=O) groups is 2. The van der Waals surface area contributed by atoms with E-state index in [-0.39, 0.29) is 11.8 Å². The number of pyridine rings is 1. The summed E-state index contributed by atoms with van der Waals surface area (Å²) in [4.78, 5) is 29.9. The molecule has 106 valence electrons. The second-order valence-electron chi connectivity index (χ2n) is 4.73. The van der Waals surface area contributed by atoms with Gasteiger partial charge in [-0.1, -0.05) is 18.2 Å². The number of methoxy groups -OCH3 is 1. The lowest BCUT2D eigenvalue weighted by Crippen LogP contribution is -2.31. The summed E-state index contributed by atoms with van der Waals surface area (Å²) in [7, 11) is 1.55. The van der Waals surface area contributed by atoms with Crippen molar-refractivity contribution in [3.8, 4) is 5.88 Å². The lowest BCUT2D eigenvalue weighted by molar-refractivity contribution is 0.0656. The molecular weight excluding hydrogens is 268 g/mol. The van der Waals surface area contributed by atoms with Gasteiger partial charge in [-0.2, -0.15) is 0 Å². The molecule has 0 bridgehead atoms. The highest BCUT2D eigenvalue weighted by Gasteiger charge is 2.34. The number of nitrogens with zero attached hydrogens (tertiary/aromatic N) is 2. The second kappa shape index (κ2) is 5.36. The molecule has 2 aromatic rings. The van der Waals surface area contributed by atoms with E-state index in [4.69, 9.17) is 4.74 Å². The van der Waals surface area contributed by atoms with Crippen LogP contribution in [0.3, 0.4) is 0 Å². The highest BCUT2D eigenvalue weighted by molar-refractivity contribution is 6.21. The molecule has 1 aromatic heterocycles. The third-order valence-corrected chi connectivity index (χ3v) is 3.53. The summed E-state index contributed by atoms with van der Waals surface area (Å²) < 4.78 is 5.18. The molecule has 0 radical (unpaired) electrons. The molecule has 2 amide bonds. The van der Waals surface area contributed by atoms with Crippen LogP contribution in [0.1, 0.15) is 26.3 Å². The fourth-order valence-corrected chi connectivity index (χ4v) is 2.47. The Kier molecular flexibility index (Phi) is 3.39. The molecule has 0 spiro atoms. The van der Waals surface area contributed by atoms with E-state index in [1.807, 2.05) is 6.07 Å². The van der Waals surface area contributed by atoms with Gasteiger partial charge in [-0.05, 0) is 24.6 Å². The average Bonchev–Trinajstić information content (AvgIpc) is 2.78. The van der Waals surface area contributed by atoms with Crippen LogP contribution in [0.5, 0.6) is 5.88 Å². The normalized spacial score (nSPS) is 13.5. The Hall–Kier alpha value is -2.69. The number of carbonyl (C=O) groups excluding carboxylic acids is 2. The molecule has 0 aliphatic carbocycles. The van der Waals surface area contributed by atoms with Crippen molar-refractivity contribution in [2.24, 2.45) is 0 Å². The van der Waals surface area contributed by atoms with Gasteiger partial charge in [0.15, 0.2) is 0 Å². The van der Waals surface area contributed by atoms with Crippen molar-refractivity contribution >= 4 is 11.8 Å². The predicted octanol–water partition coefficient (Wildman–Crippen LogP) is 1.93. The number of ether oxygens (including phenoxy) is 1. The molecular formula is C16H14N2O3. The first-order chi connectivity index (χ1) is 10.2. The molecule has 0 N–H and O–H groups in total. The minimum absolute atomic E-state index is 0.238. The largest absolute Gasteiger partial charge is 0.481 e. The Labute approximate surface area is 122 Å². The van der Waals surface area contributed by atoms with Crippen LogP contribution in [0.15, 0.2) is 42.6 Å². The third kappa shape index (κ3) is 2.27. The molecule has 5 nitrogen and oxygen atoms in total. The zero-order valence-corrected chi connectivity index (χ0v) is 11.6. The molecule has 1 aliphatic rings. The van der Waals surface area contributed by atoms with Gasteiger partial charge >= 0.3 is 0 Å². The summed E-state index contributed by atoms with van der Waals surface area (Å²) in [5.41, 5.74) is 1.82. The average molecular weight is 282 g/mol. The topological polar surface area (TPSA) is 59.5 Å². The number of aromatic nitrogens is 1. The van der Waals surface area contributed by atoms with Crippen molar-refractivity contribution in [2.45, 2.75) is 6.42 Å². The van der Waals surface area contributed by atoms with E-state index in [1.165, 1.54) is 4.90 Å². The Morgan fingerprint density at radius 3 is 2.33 bits per heavy atom. The van der Waals surface area contributed by atoms with Crippen molar-refractivity contribution in [2.75, 3.05) is 13.7 Å². The van der Waals surface area contributed by atoms with E-state index in [0.29, 0.717) is 30.0 Å². The van der Waals surface area contributed by atoms with Gasteiger partial charge in [-0.25, -0.2) is 4.98 Å². The molecule has 21 heavy (non-hydrogen) atoms. The maximum Gasteiger partial charge on any atom is 0.261 e. The first-order valence-corrected chi connectivity index (χ1v) is 6.65. The number of imide groups is 1. The first kappa shape index (κ1) is 13.3. The van der Waals surface area contributed by atoms with Crippen LogP contribution in [0, 0.1) is 0 Å². The zero-order valence-electron chi connectivity index (χ0n) is 11.6. The van der Waals surface area contributed by atoms with Crippen molar-refractivity contribution < 1.29 is 14.3 Å². The van der Waals surface area contributed by atoms with Crippen molar-refractivity contribution in [1.29, 1.82) is 0 Å². The van der Waals surface area contributed by atoms with Gasteiger partial charge in [0.25, 0.3) is 11.8 Å². The number of fused-ring (bicyclic) bond motifs is 1. The summed E-state index contributed by atoms with van der Waals surface area (Å²) in [5.74, 6) is 0.0472. The molecule has 0 saturated heterocycles. The number of rotatable bonds is 4. The van der Waals surface area contributed by atoms with Crippen molar-refractivity contribution in [3.05, 3.63) is 59.3 Å². The van der Waals surface area contributed by atoms with E-state index in [2.05, 4.69) is 4.98 Å². The molecule has 0 fully saturated rings. The minimum Gasteiger partial charge on any atom is -0.481 e. The maximum absolute atomic E-state index is 12.2. The summed E-state index contributed by atoms with van der Waals surface area (Å²) in [6.45, 7) is 0.314. The van der Waals surface area contributed by atoms with Crippen LogP contribution in [-0.2, 0) is 6.42 Å². The number of amides is 2. The quantitative estimate of drug-likeness (QED) is 0.804. The summed E-state index contributed by atoms with van der Waals surface area (Å²) in [6.07, 6.45) is 2.16. The maximum atomic E-state index is 12.2. The lowest BCUT2D eigenvalue weighted by atomic mass is 10.1. The Bertz CT molecular complexity index is 677. The monoisotopic (exact) mass is 282 g/mol. The molecule has 0 saturated carbocycles. The highest BCUT2D eigenvalue weighted by Crippen LogP contribution is 2.23. The van der Waals surface area contributed by atoms with E-state index in [0.717, 1.165) is 5.56 Å². The van der Waals surface area contributed by atoms with E-state index >= 15 is 0 Å². The third-order valence-electron chi connectivity index (χ3n) is 3.53. The second-order valence-corrected chi connectivity index (χ2v) is 4.73. The molecule has 0 unspecified atom stereocenters. The SMILES string of the molecule is COc1ncccc1CCN1C(=O)c2ccccc2C1=O. The van der Waals surface area contributed by atoms with E-state index < -0.39 is 0 Å². The van der Waals surface area contributed by atoms with Gasteiger partial charge in [0, 0.05) is 18.3 Å². The van der Waals surface area contributed by atoms with Crippen LogP contribution in [0.4, 0.5) is 0 Å². The molecule has 3 rings (SSSR count). The lowest BCUT2D eigenvalue weighted by Gasteiger charge is -2.14. The predicted molar refractivity (Wildman–Crippen MR) is 76.3 cm³/mol. The van der Waals surface area contributed by atoms with Gasteiger partial charge < -0.3 is 4.74 Å². The van der Waals surface area contributed by atoms with Crippen molar-refractivity contribution in [3.63, 3.8) is 0 Å². The number of benzene rings is 1. The summed E-state index contributed by atoms with van der Waals surface area (Å²) in [5, 5.41) is 0. The van der Waals surface area contributed by atoms with Crippen LogP contribution in [0.25, 0.3) is 0 Å². The Balaban J connectivity index is 1.78. The molecule has 0 atom stereocenters. The Morgan fingerprint density at radius 1 is 1.05 bits per heavy atom. The summed E-state index contributed by atoms with van der Waals surface area (Å²) >= 11 is 0. The molecule has 1 aromatic carbocycles. The van der Waals surface area contributed by atoms with Gasteiger partial charge in [-0.15, -0.1) is 0 Å². The summed E-state index contributed by atoms with van der Waals surface area (Å²) in [6, 6.07) is 10.6. The van der Waals surface area contributed by atoms with Crippen LogP contribution in [-0.4, -0.2) is 35.4 Å². The number of hydrogen-bond acceptors (Lipinski definition) is 4.